The third-order valence-corrected chi connectivity index (χ3v) is 1.94. The van der Waals surface area contributed by atoms with E-state index in [-0.39, 0.29) is 5.75 Å². The molecule has 0 N–H and O–H groups in total. The first kappa shape index (κ1) is 9.96. The van der Waals surface area contributed by atoms with Gasteiger partial charge in [-0.25, -0.2) is 0 Å². The minimum absolute atomic E-state index is 0.289. The molecule has 1 nitrogen and oxygen atoms in total. The Morgan fingerprint density at radius 1 is 1.38 bits per heavy atom. The normalized spacial score (nSPS) is 10.5. The molecule has 0 heterocycles. The van der Waals surface area contributed by atoms with Gasteiger partial charge in [-0.2, -0.15) is 8.78 Å². The molecule has 13 heavy (non-hydrogen) atoms. The van der Waals surface area contributed by atoms with Crippen LogP contribution in [0.3, 0.4) is 0 Å². The van der Waals surface area contributed by atoms with Crippen LogP contribution in [-0.2, 0) is 6.42 Å². The molecule has 3 heteroatoms. The van der Waals surface area contributed by atoms with E-state index in [2.05, 4.69) is 4.74 Å². The van der Waals surface area contributed by atoms with E-state index in [0.717, 1.165) is 11.1 Å². The van der Waals surface area contributed by atoms with Gasteiger partial charge in [-0.3, -0.25) is 0 Å². The summed E-state index contributed by atoms with van der Waals surface area (Å²) in [6.07, 6.45) is 0.703. The molecule has 0 fully saturated rings. The topological polar surface area (TPSA) is 9.23 Å². The molecule has 0 saturated carbocycles. The van der Waals surface area contributed by atoms with Crippen molar-refractivity contribution in [2.45, 2.75) is 26.9 Å². The van der Waals surface area contributed by atoms with Crippen LogP contribution in [0.25, 0.3) is 0 Å². The largest absolute Gasteiger partial charge is 0.435 e. The molecule has 1 aromatic carbocycles. The summed E-state index contributed by atoms with van der Waals surface area (Å²) in [5.74, 6) is 0.289. The fourth-order valence-electron chi connectivity index (χ4n) is 1.33. The lowest BCUT2D eigenvalue weighted by atomic mass is 10.1. The van der Waals surface area contributed by atoms with E-state index in [0.29, 0.717) is 6.42 Å². The van der Waals surface area contributed by atoms with Crippen molar-refractivity contribution in [2.24, 2.45) is 0 Å². The van der Waals surface area contributed by atoms with Gasteiger partial charge in [0.1, 0.15) is 5.75 Å². The van der Waals surface area contributed by atoms with Crippen LogP contribution in [0.15, 0.2) is 18.2 Å². The smallest absolute Gasteiger partial charge is 0.387 e. The van der Waals surface area contributed by atoms with E-state index < -0.39 is 6.61 Å². The van der Waals surface area contributed by atoms with Crippen molar-refractivity contribution in [3.8, 4) is 5.75 Å². The molecule has 0 bridgehead atoms. The third kappa shape index (κ3) is 2.41. The zero-order valence-corrected chi connectivity index (χ0v) is 7.68. The minimum atomic E-state index is -2.74. The van der Waals surface area contributed by atoms with Gasteiger partial charge >= 0.3 is 6.61 Å². The molecule has 0 spiro atoms. The number of hydrogen-bond acceptors (Lipinski definition) is 1. The highest BCUT2D eigenvalue weighted by atomic mass is 19.3. The second-order valence-corrected chi connectivity index (χ2v) is 2.78. The predicted molar refractivity (Wildman–Crippen MR) is 47.2 cm³/mol. The first-order valence-electron chi connectivity index (χ1n) is 4.18. The van der Waals surface area contributed by atoms with Crippen LogP contribution in [0, 0.1) is 6.92 Å². The lowest BCUT2D eigenvalue weighted by Gasteiger charge is -2.11. The zero-order chi connectivity index (χ0) is 9.84. The van der Waals surface area contributed by atoms with E-state index in [4.69, 9.17) is 0 Å². The van der Waals surface area contributed by atoms with E-state index in [9.17, 15) is 8.78 Å². The van der Waals surface area contributed by atoms with Crippen LogP contribution in [0.4, 0.5) is 8.78 Å². The van der Waals surface area contributed by atoms with Crippen LogP contribution < -0.4 is 4.74 Å². The lowest BCUT2D eigenvalue weighted by Crippen LogP contribution is -2.04. The number of hydrogen-bond donors (Lipinski definition) is 0. The van der Waals surface area contributed by atoms with Gasteiger partial charge < -0.3 is 4.74 Å². The van der Waals surface area contributed by atoms with Crippen molar-refractivity contribution in [2.75, 3.05) is 0 Å². The highest BCUT2D eigenvalue weighted by molar-refractivity contribution is 5.39. The van der Waals surface area contributed by atoms with Crippen LogP contribution in [0.2, 0.25) is 0 Å². The van der Waals surface area contributed by atoms with Crippen molar-refractivity contribution in [1.82, 2.24) is 0 Å². The second kappa shape index (κ2) is 4.21. The van der Waals surface area contributed by atoms with E-state index in [1.807, 2.05) is 19.9 Å². The summed E-state index contributed by atoms with van der Waals surface area (Å²) >= 11 is 0. The summed E-state index contributed by atoms with van der Waals surface area (Å²) in [6.45, 7) is 1.06. The van der Waals surface area contributed by atoms with Crippen molar-refractivity contribution in [1.29, 1.82) is 0 Å². The molecule has 0 aliphatic carbocycles. The van der Waals surface area contributed by atoms with Gasteiger partial charge in [0.2, 0.25) is 0 Å². The van der Waals surface area contributed by atoms with E-state index in [1.165, 1.54) is 0 Å². The fraction of sp³-hybridized carbons (Fsp3) is 0.400. The Kier molecular flexibility index (Phi) is 3.23. The summed E-state index contributed by atoms with van der Waals surface area (Å²) in [4.78, 5) is 0. The zero-order valence-electron chi connectivity index (χ0n) is 7.68. The van der Waals surface area contributed by atoms with Gasteiger partial charge in [-0.05, 0) is 30.5 Å². The molecule has 0 atom stereocenters. The first-order valence-corrected chi connectivity index (χ1v) is 4.18. The molecule has 0 radical (unpaired) electrons. The molecule has 0 amide bonds. The van der Waals surface area contributed by atoms with Crippen LogP contribution in [-0.4, -0.2) is 6.61 Å². The van der Waals surface area contributed by atoms with Gasteiger partial charge in [0, 0.05) is 0 Å². The lowest BCUT2D eigenvalue weighted by molar-refractivity contribution is -0.0504. The monoisotopic (exact) mass is 186 g/mol. The molecule has 0 aromatic heterocycles. The first-order chi connectivity index (χ1) is 6.15. The maximum absolute atomic E-state index is 11.9. The summed E-state index contributed by atoms with van der Waals surface area (Å²) in [7, 11) is 0. The second-order valence-electron chi connectivity index (χ2n) is 2.78. The molecule has 0 aliphatic heterocycles. The molecule has 72 valence electrons. The van der Waals surface area contributed by atoms with Crippen LogP contribution in [0.5, 0.6) is 5.75 Å². The van der Waals surface area contributed by atoms with Crippen LogP contribution >= 0.6 is 0 Å². The van der Waals surface area contributed by atoms with Crippen molar-refractivity contribution >= 4 is 0 Å². The Labute approximate surface area is 76.3 Å². The van der Waals surface area contributed by atoms with Gasteiger partial charge in [0.15, 0.2) is 0 Å². The maximum Gasteiger partial charge on any atom is 0.387 e. The minimum Gasteiger partial charge on any atom is -0.435 e. The number of alkyl halides is 2. The van der Waals surface area contributed by atoms with Gasteiger partial charge in [-0.1, -0.05) is 19.1 Å². The molecule has 0 unspecified atom stereocenters. The highest BCUT2D eigenvalue weighted by Crippen LogP contribution is 2.23. The number of rotatable bonds is 3. The van der Waals surface area contributed by atoms with E-state index >= 15 is 0 Å². The number of benzene rings is 1. The average molecular weight is 186 g/mol. The SMILES string of the molecule is CCc1c(C)cccc1OC(F)F. The van der Waals surface area contributed by atoms with E-state index in [1.54, 1.807) is 12.1 Å². The van der Waals surface area contributed by atoms with Crippen molar-refractivity contribution in [3.05, 3.63) is 29.3 Å². The molecule has 0 saturated heterocycles. The standard InChI is InChI=1S/C10H12F2O/c1-3-8-7(2)5-4-6-9(8)13-10(11)12/h4-6,10H,3H2,1-2H3. The van der Waals surface area contributed by atoms with Crippen molar-refractivity contribution < 1.29 is 13.5 Å². The van der Waals surface area contributed by atoms with Crippen molar-refractivity contribution in [3.63, 3.8) is 0 Å². The molecular weight excluding hydrogens is 174 g/mol. The van der Waals surface area contributed by atoms with Crippen LogP contribution in [0.1, 0.15) is 18.1 Å². The summed E-state index contributed by atoms with van der Waals surface area (Å²) < 4.78 is 28.3. The molecule has 1 aromatic rings. The Morgan fingerprint density at radius 2 is 2.08 bits per heavy atom. The number of ether oxygens (including phenoxy) is 1. The quantitative estimate of drug-likeness (QED) is 0.704. The summed E-state index contributed by atoms with van der Waals surface area (Å²) in [5, 5.41) is 0. The Morgan fingerprint density at radius 3 is 2.62 bits per heavy atom. The average Bonchev–Trinajstić information content (AvgIpc) is 2.03. The Bertz CT molecular complexity index is 284. The predicted octanol–water partition coefficient (Wildman–Crippen LogP) is 3.16. The molecule has 1 rings (SSSR count). The molecule has 0 aliphatic rings. The summed E-state index contributed by atoms with van der Waals surface area (Å²) in [5.41, 5.74) is 1.84. The highest BCUT2D eigenvalue weighted by Gasteiger charge is 2.09. The number of halogens is 2. The Balaban J connectivity index is 2.98. The van der Waals surface area contributed by atoms with Gasteiger partial charge in [0.05, 0.1) is 0 Å². The van der Waals surface area contributed by atoms with Gasteiger partial charge in [-0.15, -0.1) is 0 Å². The maximum atomic E-state index is 11.9. The third-order valence-electron chi connectivity index (χ3n) is 1.94. The number of aryl methyl sites for hydroxylation is 1. The Hall–Kier alpha value is -1.12. The van der Waals surface area contributed by atoms with Gasteiger partial charge in [0.25, 0.3) is 0 Å². The fourth-order valence-corrected chi connectivity index (χ4v) is 1.33. The molecular formula is C10H12F2O. The summed E-state index contributed by atoms with van der Waals surface area (Å²) in [6, 6.07) is 5.17.